The summed E-state index contributed by atoms with van der Waals surface area (Å²) < 4.78 is 0. The van der Waals surface area contributed by atoms with Crippen molar-refractivity contribution in [3.05, 3.63) is 23.8 Å². The fraction of sp³-hybridized carbons (Fsp3) is 0.385. The van der Waals surface area contributed by atoms with Gasteiger partial charge in [0.1, 0.15) is 0 Å². The number of anilines is 2. The Bertz CT molecular complexity index is 486. The molecule has 0 aliphatic carbocycles. The van der Waals surface area contributed by atoms with Crippen molar-refractivity contribution in [3.63, 3.8) is 0 Å². The van der Waals surface area contributed by atoms with E-state index in [1.54, 1.807) is 0 Å². The molecule has 1 atom stereocenters. The lowest BCUT2D eigenvalue weighted by atomic mass is 10.0. The van der Waals surface area contributed by atoms with Crippen LogP contribution in [-0.4, -0.2) is 23.0 Å². The molecule has 0 aliphatic rings. The molecule has 6 heteroatoms. The Morgan fingerprint density at radius 1 is 1.37 bits per heavy atom. The first-order chi connectivity index (χ1) is 8.81. The maximum absolute atomic E-state index is 11.8. The first-order valence-electron chi connectivity index (χ1n) is 6.00. The normalized spacial score (nSPS) is 12.2. The molecule has 0 spiro atoms. The van der Waals surface area contributed by atoms with E-state index in [0.29, 0.717) is 18.0 Å². The monoisotopic (exact) mass is 265 g/mol. The van der Waals surface area contributed by atoms with Gasteiger partial charge in [0.2, 0.25) is 5.91 Å². The molecule has 0 unspecified atom stereocenters. The number of hydrogen-bond acceptors (Lipinski definition) is 4. The molecular weight excluding hydrogens is 246 g/mol. The lowest BCUT2D eigenvalue weighted by Crippen LogP contribution is -2.36. The van der Waals surface area contributed by atoms with Crippen LogP contribution in [-0.2, 0) is 4.79 Å². The van der Waals surface area contributed by atoms with Crippen molar-refractivity contribution in [1.29, 1.82) is 0 Å². The van der Waals surface area contributed by atoms with Gasteiger partial charge in [-0.15, -0.1) is 0 Å². The van der Waals surface area contributed by atoms with Crippen molar-refractivity contribution in [3.8, 4) is 0 Å². The Balaban J connectivity index is 2.84. The molecule has 1 rings (SSSR count). The number of rotatable bonds is 5. The Hall–Kier alpha value is -2.08. The maximum atomic E-state index is 11.8. The van der Waals surface area contributed by atoms with Gasteiger partial charge in [0.05, 0.1) is 23.0 Å². The van der Waals surface area contributed by atoms with Crippen LogP contribution in [0, 0.1) is 5.92 Å². The lowest BCUT2D eigenvalue weighted by Gasteiger charge is -2.15. The summed E-state index contributed by atoms with van der Waals surface area (Å²) >= 11 is 0. The number of benzene rings is 1. The van der Waals surface area contributed by atoms with Gasteiger partial charge in [-0.25, -0.2) is 4.79 Å². The third-order valence-corrected chi connectivity index (χ3v) is 2.62. The summed E-state index contributed by atoms with van der Waals surface area (Å²) in [5.74, 6) is -1.16. The molecule has 1 aromatic carbocycles. The summed E-state index contributed by atoms with van der Waals surface area (Å²) in [5, 5.41) is 11.4. The van der Waals surface area contributed by atoms with Crippen molar-refractivity contribution in [1.82, 2.24) is 0 Å². The quantitative estimate of drug-likeness (QED) is 0.598. The first-order valence-corrected chi connectivity index (χ1v) is 6.00. The zero-order valence-corrected chi connectivity index (χ0v) is 11.0. The van der Waals surface area contributed by atoms with Crippen LogP contribution in [0.3, 0.4) is 0 Å². The fourth-order valence-corrected chi connectivity index (χ4v) is 1.64. The number of aromatic carboxylic acids is 1. The molecule has 1 amide bonds. The van der Waals surface area contributed by atoms with Crippen molar-refractivity contribution < 1.29 is 14.7 Å². The summed E-state index contributed by atoms with van der Waals surface area (Å²) in [7, 11) is 0. The summed E-state index contributed by atoms with van der Waals surface area (Å²) in [5.41, 5.74) is 12.1. The van der Waals surface area contributed by atoms with E-state index >= 15 is 0 Å². The second kappa shape index (κ2) is 6.19. The average Bonchev–Trinajstić information content (AvgIpc) is 2.30. The van der Waals surface area contributed by atoms with Gasteiger partial charge in [-0.1, -0.05) is 13.8 Å². The predicted octanol–water partition coefficient (Wildman–Crippen LogP) is 1.28. The average molecular weight is 265 g/mol. The van der Waals surface area contributed by atoms with Crippen LogP contribution in [0.15, 0.2) is 18.2 Å². The van der Waals surface area contributed by atoms with E-state index in [1.165, 1.54) is 18.2 Å². The number of carboxylic acids is 1. The molecule has 0 aromatic heterocycles. The van der Waals surface area contributed by atoms with E-state index in [-0.39, 0.29) is 17.2 Å². The fourth-order valence-electron chi connectivity index (χ4n) is 1.64. The van der Waals surface area contributed by atoms with Crippen LogP contribution in [0.2, 0.25) is 0 Å². The molecule has 0 saturated heterocycles. The standard InChI is InChI=1S/C13H19N3O3/c1-7(2)5-10(15)12(17)16-11-6-8(13(18)19)3-4-9(11)14/h3-4,6-7,10H,5,14-15H2,1-2H3,(H,16,17)(H,18,19)/t10-/m0/s1. The van der Waals surface area contributed by atoms with Crippen LogP contribution in [0.25, 0.3) is 0 Å². The van der Waals surface area contributed by atoms with Gasteiger partial charge in [-0.05, 0) is 30.5 Å². The summed E-state index contributed by atoms with van der Waals surface area (Å²) in [6.07, 6.45) is 0.546. The number of nitrogens with two attached hydrogens (primary N) is 2. The second-order valence-electron chi connectivity index (χ2n) is 4.83. The molecule has 0 bridgehead atoms. The molecule has 104 valence electrons. The van der Waals surface area contributed by atoms with Gasteiger partial charge in [0.15, 0.2) is 0 Å². The largest absolute Gasteiger partial charge is 0.478 e. The molecule has 0 radical (unpaired) electrons. The molecule has 0 aliphatic heterocycles. The zero-order chi connectivity index (χ0) is 14.6. The van der Waals surface area contributed by atoms with E-state index in [0.717, 1.165) is 0 Å². The van der Waals surface area contributed by atoms with Gasteiger partial charge in [0.25, 0.3) is 0 Å². The Morgan fingerprint density at radius 3 is 2.53 bits per heavy atom. The number of carbonyl (C=O) groups is 2. The van der Waals surface area contributed by atoms with Gasteiger partial charge < -0.3 is 21.9 Å². The summed E-state index contributed by atoms with van der Waals surface area (Å²) in [6, 6.07) is 3.49. The van der Waals surface area contributed by atoms with E-state index in [1.807, 2.05) is 13.8 Å². The number of carboxylic acid groups (broad SMARTS) is 1. The zero-order valence-electron chi connectivity index (χ0n) is 11.0. The molecule has 6 N–H and O–H groups in total. The van der Waals surface area contributed by atoms with Gasteiger partial charge in [0, 0.05) is 0 Å². The number of carbonyl (C=O) groups excluding carboxylic acids is 1. The SMILES string of the molecule is CC(C)C[C@H](N)C(=O)Nc1cc(C(=O)O)ccc1N. The smallest absolute Gasteiger partial charge is 0.335 e. The number of nitrogens with one attached hydrogen (secondary N) is 1. The van der Waals surface area contributed by atoms with Crippen LogP contribution in [0.5, 0.6) is 0 Å². The Morgan fingerprint density at radius 2 is 2.00 bits per heavy atom. The summed E-state index contributed by atoms with van der Waals surface area (Å²) in [4.78, 5) is 22.7. The third kappa shape index (κ3) is 4.26. The van der Waals surface area contributed by atoms with Crippen LogP contribution >= 0.6 is 0 Å². The molecule has 1 aromatic rings. The lowest BCUT2D eigenvalue weighted by molar-refractivity contribution is -0.117. The van der Waals surface area contributed by atoms with Crippen LogP contribution in [0.4, 0.5) is 11.4 Å². The number of amides is 1. The number of hydrogen-bond donors (Lipinski definition) is 4. The van der Waals surface area contributed by atoms with Crippen LogP contribution < -0.4 is 16.8 Å². The topological polar surface area (TPSA) is 118 Å². The van der Waals surface area contributed by atoms with E-state index in [4.69, 9.17) is 16.6 Å². The minimum Gasteiger partial charge on any atom is -0.478 e. The molecule has 0 fully saturated rings. The molecular formula is C13H19N3O3. The van der Waals surface area contributed by atoms with E-state index in [2.05, 4.69) is 5.32 Å². The molecule has 6 nitrogen and oxygen atoms in total. The van der Waals surface area contributed by atoms with Crippen molar-refractivity contribution in [2.45, 2.75) is 26.3 Å². The van der Waals surface area contributed by atoms with Crippen molar-refractivity contribution in [2.24, 2.45) is 11.7 Å². The Labute approximate surface area is 111 Å². The minimum absolute atomic E-state index is 0.0573. The molecule has 0 heterocycles. The van der Waals surface area contributed by atoms with E-state index in [9.17, 15) is 9.59 Å². The van der Waals surface area contributed by atoms with Crippen molar-refractivity contribution in [2.75, 3.05) is 11.1 Å². The summed E-state index contributed by atoms with van der Waals surface area (Å²) in [6.45, 7) is 3.93. The highest BCUT2D eigenvalue weighted by Crippen LogP contribution is 2.20. The Kier molecular flexibility index (Phi) is 4.88. The number of nitrogen functional groups attached to an aromatic ring is 1. The highest BCUT2D eigenvalue weighted by Gasteiger charge is 2.16. The molecule has 0 saturated carbocycles. The van der Waals surface area contributed by atoms with E-state index < -0.39 is 12.0 Å². The minimum atomic E-state index is -1.08. The predicted molar refractivity (Wildman–Crippen MR) is 73.9 cm³/mol. The van der Waals surface area contributed by atoms with Gasteiger partial charge >= 0.3 is 5.97 Å². The third-order valence-electron chi connectivity index (χ3n) is 2.62. The highest BCUT2D eigenvalue weighted by atomic mass is 16.4. The maximum Gasteiger partial charge on any atom is 0.335 e. The van der Waals surface area contributed by atoms with Gasteiger partial charge in [-0.2, -0.15) is 0 Å². The molecule has 19 heavy (non-hydrogen) atoms. The highest BCUT2D eigenvalue weighted by molar-refractivity contribution is 5.99. The second-order valence-corrected chi connectivity index (χ2v) is 4.83. The van der Waals surface area contributed by atoms with Crippen LogP contribution in [0.1, 0.15) is 30.6 Å². The van der Waals surface area contributed by atoms with Gasteiger partial charge in [-0.3, -0.25) is 4.79 Å². The van der Waals surface area contributed by atoms with Crippen molar-refractivity contribution >= 4 is 23.3 Å². The first kappa shape index (κ1) is 15.0.